The van der Waals surface area contributed by atoms with E-state index >= 15 is 0 Å². The second-order valence-corrected chi connectivity index (χ2v) is 5.29. The number of rotatable bonds is 3. The predicted molar refractivity (Wildman–Crippen MR) is 65.2 cm³/mol. The third-order valence-electron chi connectivity index (χ3n) is 3.96. The molecule has 1 saturated carbocycles. The smallest absolute Gasteiger partial charge is 0.224 e. The molecule has 16 heavy (non-hydrogen) atoms. The molecule has 3 nitrogen and oxygen atoms in total. The molecule has 1 aliphatic carbocycles. The second kappa shape index (κ2) is 6.24. The van der Waals surface area contributed by atoms with Crippen molar-refractivity contribution in [3.05, 3.63) is 0 Å². The molecule has 2 fully saturated rings. The van der Waals surface area contributed by atoms with Gasteiger partial charge in [0.2, 0.25) is 5.91 Å². The number of carbonyl (C=O) groups excluding carboxylic acids is 1. The Morgan fingerprint density at radius 3 is 2.62 bits per heavy atom. The Morgan fingerprint density at radius 2 is 1.94 bits per heavy atom. The quantitative estimate of drug-likeness (QED) is 0.766. The summed E-state index contributed by atoms with van der Waals surface area (Å²) in [6, 6.07) is 0. The minimum absolute atomic E-state index is 0.220. The Morgan fingerprint density at radius 1 is 1.12 bits per heavy atom. The van der Waals surface area contributed by atoms with Gasteiger partial charge in [0.05, 0.1) is 5.92 Å². The highest BCUT2D eigenvalue weighted by molar-refractivity contribution is 5.78. The summed E-state index contributed by atoms with van der Waals surface area (Å²) in [5.74, 6) is 1.24. The lowest BCUT2D eigenvalue weighted by atomic mass is 9.89. The third kappa shape index (κ3) is 3.48. The molecule has 0 spiro atoms. The van der Waals surface area contributed by atoms with Gasteiger partial charge < -0.3 is 10.6 Å². The summed E-state index contributed by atoms with van der Waals surface area (Å²) in [4.78, 5) is 11.9. The summed E-state index contributed by atoms with van der Waals surface area (Å²) in [6.07, 6.45) is 8.91. The van der Waals surface area contributed by atoms with Crippen LogP contribution in [0, 0.1) is 11.8 Å². The van der Waals surface area contributed by atoms with Gasteiger partial charge in [-0.1, -0.05) is 19.3 Å². The van der Waals surface area contributed by atoms with Crippen LogP contribution >= 0.6 is 0 Å². The maximum absolute atomic E-state index is 11.9. The first-order valence-corrected chi connectivity index (χ1v) is 6.84. The first-order valence-electron chi connectivity index (χ1n) is 6.84. The van der Waals surface area contributed by atoms with Gasteiger partial charge in [-0.2, -0.15) is 0 Å². The number of hydrogen-bond donors (Lipinski definition) is 2. The van der Waals surface area contributed by atoms with E-state index in [0.29, 0.717) is 0 Å². The molecule has 2 N–H and O–H groups in total. The monoisotopic (exact) mass is 224 g/mol. The summed E-state index contributed by atoms with van der Waals surface area (Å²) in [7, 11) is 0. The van der Waals surface area contributed by atoms with E-state index in [0.717, 1.165) is 38.4 Å². The van der Waals surface area contributed by atoms with Gasteiger partial charge in [0.1, 0.15) is 0 Å². The first-order chi connectivity index (χ1) is 7.86. The number of carbonyl (C=O) groups is 1. The van der Waals surface area contributed by atoms with Crippen molar-refractivity contribution in [2.24, 2.45) is 11.8 Å². The maximum Gasteiger partial charge on any atom is 0.224 e. The van der Waals surface area contributed by atoms with E-state index in [-0.39, 0.29) is 11.8 Å². The molecule has 3 heteroatoms. The topological polar surface area (TPSA) is 41.1 Å². The summed E-state index contributed by atoms with van der Waals surface area (Å²) in [6.45, 7) is 2.86. The fourth-order valence-electron chi connectivity index (χ4n) is 2.86. The van der Waals surface area contributed by atoms with Crippen molar-refractivity contribution in [1.29, 1.82) is 0 Å². The van der Waals surface area contributed by atoms with Crippen LogP contribution in [-0.2, 0) is 4.79 Å². The van der Waals surface area contributed by atoms with E-state index in [1.807, 2.05) is 0 Å². The predicted octanol–water partition coefficient (Wildman–Crippen LogP) is 1.68. The molecule has 1 aliphatic heterocycles. The molecule has 2 rings (SSSR count). The molecule has 1 saturated heterocycles. The third-order valence-corrected chi connectivity index (χ3v) is 3.96. The van der Waals surface area contributed by atoms with E-state index in [4.69, 9.17) is 0 Å². The fraction of sp³-hybridized carbons (Fsp3) is 0.923. The van der Waals surface area contributed by atoms with E-state index < -0.39 is 0 Å². The lowest BCUT2D eigenvalue weighted by Gasteiger charge is -2.25. The molecule has 0 radical (unpaired) electrons. The van der Waals surface area contributed by atoms with Crippen LogP contribution in [0.15, 0.2) is 0 Å². The summed E-state index contributed by atoms with van der Waals surface area (Å²) < 4.78 is 0. The van der Waals surface area contributed by atoms with Gasteiger partial charge in [-0.3, -0.25) is 4.79 Å². The van der Waals surface area contributed by atoms with E-state index in [9.17, 15) is 4.79 Å². The van der Waals surface area contributed by atoms with Crippen molar-refractivity contribution in [3.63, 3.8) is 0 Å². The van der Waals surface area contributed by atoms with Crippen molar-refractivity contribution < 1.29 is 4.79 Å². The van der Waals surface area contributed by atoms with Gasteiger partial charge >= 0.3 is 0 Å². The lowest BCUT2D eigenvalue weighted by Crippen LogP contribution is -2.42. The molecule has 0 aromatic rings. The zero-order valence-electron chi connectivity index (χ0n) is 10.1. The Balaban J connectivity index is 1.65. The van der Waals surface area contributed by atoms with Crippen molar-refractivity contribution in [2.75, 3.05) is 19.6 Å². The average Bonchev–Trinajstić information content (AvgIpc) is 2.38. The minimum atomic E-state index is 0.220. The van der Waals surface area contributed by atoms with Crippen LogP contribution in [0.5, 0.6) is 0 Å². The van der Waals surface area contributed by atoms with Crippen molar-refractivity contribution in [2.45, 2.75) is 44.9 Å². The van der Waals surface area contributed by atoms with Crippen LogP contribution in [0.3, 0.4) is 0 Å². The van der Waals surface area contributed by atoms with Crippen molar-refractivity contribution >= 4 is 5.91 Å². The Kier molecular flexibility index (Phi) is 4.64. The Bertz CT molecular complexity index is 218. The number of amides is 1. The fourth-order valence-corrected chi connectivity index (χ4v) is 2.86. The van der Waals surface area contributed by atoms with E-state index in [1.165, 1.54) is 32.1 Å². The highest BCUT2D eigenvalue weighted by atomic mass is 16.1. The summed E-state index contributed by atoms with van der Waals surface area (Å²) in [5.41, 5.74) is 0. The van der Waals surface area contributed by atoms with Gasteiger partial charge in [-0.15, -0.1) is 0 Å². The van der Waals surface area contributed by atoms with Crippen LogP contribution in [0.4, 0.5) is 0 Å². The minimum Gasteiger partial charge on any atom is -0.356 e. The molecule has 0 aromatic carbocycles. The summed E-state index contributed by atoms with van der Waals surface area (Å²) >= 11 is 0. The lowest BCUT2D eigenvalue weighted by molar-refractivity contribution is -0.125. The zero-order chi connectivity index (χ0) is 11.2. The molecule has 0 aromatic heterocycles. The Labute approximate surface area is 98.4 Å². The molecule has 1 atom stereocenters. The molecule has 92 valence electrons. The zero-order valence-corrected chi connectivity index (χ0v) is 10.1. The average molecular weight is 224 g/mol. The SMILES string of the molecule is O=C(NCC1CCCCC1)[C@@H]1CCCNC1. The van der Waals surface area contributed by atoms with Crippen LogP contribution in [0.25, 0.3) is 0 Å². The van der Waals surface area contributed by atoms with Crippen molar-refractivity contribution in [1.82, 2.24) is 10.6 Å². The van der Waals surface area contributed by atoms with Gasteiger partial charge in [0, 0.05) is 13.1 Å². The molecular formula is C13H24N2O. The van der Waals surface area contributed by atoms with Crippen LogP contribution < -0.4 is 10.6 Å². The van der Waals surface area contributed by atoms with Gasteiger partial charge in [-0.05, 0) is 38.1 Å². The van der Waals surface area contributed by atoms with E-state index in [2.05, 4.69) is 10.6 Å². The van der Waals surface area contributed by atoms with Gasteiger partial charge in [-0.25, -0.2) is 0 Å². The largest absolute Gasteiger partial charge is 0.356 e. The van der Waals surface area contributed by atoms with Crippen LogP contribution in [0.1, 0.15) is 44.9 Å². The van der Waals surface area contributed by atoms with Crippen LogP contribution in [0.2, 0.25) is 0 Å². The highest BCUT2D eigenvalue weighted by Gasteiger charge is 2.21. The molecule has 1 heterocycles. The standard InChI is InChI=1S/C13H24N2O/c16-13(12-7-4-8-14-10-12)15-9-11-5-2-1-3-6-11/h11-12,14H,1-10H2,(H,15,16)/t12-/m1/s1. The maximum atomic E-state index is 11.9. The van der Waals surface area contributed by atoms with Crippen molar-refractivity contribution in [3.8, 4) is 0 Å². The number of hydrogen-bond acceptors (Lipinski definition) is 2. The second-order valence-electron chi connectivity index (χ2n) is 5.29. The van der Waals surface area contributed by atoms with Gasteiger partial charge in [0.25, 0.3) is 0 Å². The number of piperidine rings is 1. The molecule has 1 amide bonds. The van der Waals surface area contributed by atoms with Crippen LogP contribution in [-0.4, -0.2) is 25.5 Å². The summed E-state index contributed by atoms with van der Waals surface area (Å²) in [5, 5.41) is 6.44. The molecule has 0 unspecified atom stereocenters. The van der Waals surface area contributed by atoms with E-state index in [1.54, 1.807) is 0 Å². The molecule has 2 aliphatic rings. The first kappa shape index (κ1) is 11.9. The van der Waals surface area contributed by atoms with Gasteiger partial charge in [0.15, 0.2) is 0 Å². The normalized spacial score (nSPS) is 27.6. The molecule has 0 bridgehead atoms. The molecular weight excluding hydrogens is 200 g/mol. The Hall–Kier alpha value is -0.570. The highest BCUT2D eigenvalue weighted by Crippen LogP contribution is 2.22. The number of nitrogens with one attached hydrogen (secondary N) is 2.